The summed E-state index contributed by atoms with van der Waals surface area (Å²) in [5.41, 5.74) is -0.326. The van der Waals surface area contributed by atoms with Crippen LogP contribution in [-0.2, 0) is 28.6 Å². The first-order valence-corrected chi connectivity index (χ1v) is 7.52. The number of carbonyl (C=O) groups excluding carboxylic acids is 3. The van der Waals surface area contributed by atoms with Gasteiger partial charge in [0.05, 0.1) is 0 Å². The zero-order valence-corrected chi connectivity index (χ0v) is 14.9. The van der Waals surface area contributed by atoms with Gasteiger partial charge in [-0.25, -0.2) is 9.59 Å². The summed E-state index contributed by atoms with van der Waals surface area (Å²) in [6, 6.07) is 0. The molecular weight excluding hydrogens is 312 g/mol. The number of esters is 2. The average molecular weight is 338 g/mol. The van der Waals surface area contributed by atoms with E-state index in [4.69, 9.17) is 14.2 Å². The van der Waals surface area contributed by atoms with Gasteiger partial charge >= 0.3 is 11.9 Å². The first-order valence-electron chi connectivity index (χ1n) is 7.52. The van der Waals surface area contributed by atoms with E-state index < -0.39 is 17.5 Å². The molecule has 6 nitrogen and oxygen atoms in total. The topological polar surface area (TPSA) is 78.9 Å². The summed E-state index contributed by atoms with van der Waals surface area (Å²) in [5, 5.41) is 0. The molecule has 0 radical (unpaired) electrons. The number of ether oxygens (including phenoxy) is 3. The van der Waals surface area contributed by atoms with Crippen LogP contribution in [0, 0.1) is 0 Å². The summed E-state index contributed by atoms with van der Waals surface area (Å²) in [5.74, 6) is -1.46. The van der Waals surface area contributed by atoms with Gasteiger partial charge in [0.15, 0.2) is 5.78 Å². The number of hydrogen-bond acceptors (Lipinski definition) is 6. The lowest BCUT2D eigenvalue weighted by Gasteiger charge is -2.31. The number of ketones is 1. The maximum absolute atomic E-state index is 11.7. The van der Waals surface area contributed by atoms with Crippen LogP contribution in [0.1, 0.15) is 34.1 Å². The van der Waals surface area contributed by atoms with Gasteiger partial charge in [0.25, 0.3) is 0 Å². The van der Waals surface area contributed by atoms with Crippen LogP contribution in [0.4, 0.5) is 0 Å². The quantitative estimate of drug-likeness (QED) is 0.425. The molecule has 0 aromatic carbocycles. The van der Waals surface area contributed by atoms with Crippen molar-refractivity contribution in [3.63, 3.8) is 0 Å². The van der Waals surface area contributed by atoms with Gasteiger partial charge in [0, 0.05) is 11.1 Å². The molecule has 0 aliphatic carbocycles. The van der Waals surface area contributed by atoms with E-state index in [1.165, 1.54) is 13.8 Å². The van der Waals surface area contributed by atoms with Crippen molar-refractivity contribution < 1.29 is 28.6 Å². The molecule has 0 aromatic rings. The monoisotopic (exact) mass is 338 g/mol. The lowest BCUT2D eigenvalue weighted by molar-refractivity contribution is -0.169. The predicted molar refractivity (Wildman–Crippen MR) is 90.3 cm³/mol. The van der Waals surface area contributed by atoms with Gasteiger partial charge in [-0.1, -0.05) is 26.7 Å². The van der Waals surface area contributed by atoms with Crippen molar-refractivity contribution in [1.29, 1.82) is 0 Å². The van der Waals surface area contributed by atoms with Crippen LogP contribution in [0.2, 0.25) is 0 Å². The van der Waals surface area contributed by atoms with Crippen molar-refractivity contribution in [3.8, 4) is 0 Å². The second-order valence-electron chi connectivity index (χ2n) is 5.74. The fraction of sp³-hybridized carbons (Fsp3) is 0.500. The van der Waals surface area contributed by atoms with Gasteiger partial charge in [-0.15, -0.1) is 0 Å². The van der Waals surface area contributed by atoms with Crippen molar-refractivity contribution >= 4 is 17.7 Å². The first kappa shape index (κ1) is 21.8. The third kappa shape index (κ3) is 7.37. The highest BCUT2D eigenvalue weighted by Gasteiger charge is 2.34. The maximum Gasteiger partial charge on any atom is 0.333 e. The molecule has 0 N–H and O–H groups in total. The molecule has 0 saturated heterocycles. The van der Waals surface area contributed by atoms with Gasteiger partial charge in [0.1, 0.15) is 25.4 Å². The molecule has 0 aromatic heterocycles. The molecule has 0 spiro atoms. The molecule has 0 fully saturated rings. The van der Waals surface area contributed by atoms with Crippen LogP contribution in [0.5, 0.6) is 0 Å². The zero-order valence-electron chi connectivity index (χ0n) is 14.9. The molecule has 0 heterocycles. The Morgan fingerprint density at radius 3 is 1.54 bits per heavy atom. The van der Waals surface area contributed by atoms with E-state index in [-0.39, 0.29) is 36.8 Å². The molecule has 0 aliphatic heterocycles. The number of Topliss-reactive ketones (excluding diaryl/α,β-unsaturated/α-hetero) is 1. The molecule has 0 amide bonds. The molecule has 0 saturated carbocycles. The van der Waals surface area contributed by atoms with Crippen molar-refractivity contribution in [2.45, 2.75) is 39.7 Å². The van der Waals surface area contributed by atoms with Gasteiger partial charge < -0.3 is 14.2 Å². The van der Waals surface area contributed by atoms with Crippen LogP contribution < -0.4 is 0 Å². The summed E-state index contributed by atoms with van der Waals surface area (Å²) < 4.78 is 15.9. The summed E-state index contributed by atoms with van der Waals surface area (Å²) in [7, 11) is 0. The molecule has 24 heavy (non-hydrogen) atoms. The minimum Gasteiger partial charge on any atom is -0.459 e. The maximum atomic E-state index is 11.7. The van der Waals surface area contributed by atoms with Crippen molar-refractivity contribution in [1.82, 2.24) is 0 Å². The molecular formula is C18H26O6. The van der Waals surface area contributed by atoms with Gasteiger partial charge in [-0.3, -0.25) is 4.79 Å². The summed E-state index contributed by atoms with van der Waals surface area (Å²) in [4.78, 5) is 35.0. The van der Waals surface area contributed by atoms with E-state index in [1.54, 1.807) is 13.8 Å². The second-order valence-corrected chi connectivity index (χ2v) is 5.74. The van der Waals surface area contributed by atoms with E-state index in [1.807, 2.05) is 0 Å². The van der Waals surface area contributed by atoms with E-state index in [9.17, 15) is 14.4 Å². The van der Waals surface area contributed by atoms with E-state index in [0.29, 0.717) is 12.0 Å². The van der Waals surface area contributed by atoms with Crippen molar-refractivity contribution in [2.75, 3.05) is 19.8 Å². The number of carbonyl (C=O) groups is 3. The fourth-order valence-corrected chi connectivity index (χ4v) is 1.41. The minimum absolute atomic E-state index is 0.178. The Kier molecular flexibility index (Phi) is 8.92. The predicted octanol–water partition coefficient (Wildman–Crippen LogP) is 2.54. The SMILES string of the molecule is C=C(C)C(=O)COC(CC)(COC(=O)C(=C)C)COC(=O)C(=C)C. The Morgan fingerprint density at radius 1 is 0.833 bits per heavy atom. The molecule has 6 heteroatoms. The van der Waals surface area contributed by atoms with E-state index in [0.717, 1.165) is 0 Å². The average Bonchev–Trinajstić information content (AvgIpc) is 2.53. The number of rotatable bonds is 11. The zero-order chi connectivity index (χ0) is 18.9. The summed E-state index contributed by atoms with van der Waals surface area (Å²) in [6.07, 6.45) is 0.351. The van der Waals surface area contributed by atoms with Crippen LogP contribution in [0.25, 0.3) is 0 Å². The smallest absolute Gasteiger partial charge is 0.333 e. The summed E-state index contributed by atoms with van der Waals surface area (Å²) >= 11 is 0. The van der Waals surface area contributed by atoms with Crippen LogP contribution in [0.15, 0.2) is 36.5 Å². The van der Waals surface area contributed by atoms with Crippen LogP contribution >= 0.6 is 0 Å². The van der Waals surface area contributed by atoms with Crippen LogP contribution in [-0.4, -0.2) is 43.1 Å². The largest absolute Gasteiger partial charge is 0.459 e. The Balaban J connectivity index is 5.11. The van der Waals surface area contributed by atoms with Crippen LogP contribution in [0.3, 0.4) is 0 Å². The molecule has 0 aliphatic rings. The fourth-order valence-electron chi connectivity index (χ4n) is 1.41. The Hall–Kier alpha value is -2.21. The normalized spacial score (nSPS) is 10.7. The lowest BCUT2D eigenvalue weighted by Crippen LogP contribution is -2.44. The molecule has 0 unspecified atom stereocenters. The summed E-state index contributed by atoms with van der Waals surface area (Å²) in [6.45, 7) is 16.3. The highest BCUT2D eigenvalue weighted by Crippen LogP contribution is 2.19. The Labute approximate surface area is 143 Å². The Morgan fingerprint density at radius 2 is 1.25 bits per heavy atom. The Bertz CT molecular complexity index is 470. The third-order valence-electron chi connectivity index (χ3n) is 3.26. The standard InChI is InChI=1S/C18H26O6/c1-8-18(10-22-16(20)13(4)5,11-23-17(21)14(6)7)24-9-15(19)12(2)3/h2,4,6,8-11H2,1,3,5,7H3. The third-order valence-corrected chi connectivity index (χ3v) is 3.26. The molecule has 0 bridgehead atoms. The van der Waals surface area contributed by atoms with E-state index >= 15 is 0 Å². The van der Waals surface area contributed by atoms with Gasteiger partial charge in [-0.05, 0) is 32.8 Å². The van der Waals surface area contributed by atoms with Crippen molar-refractivity contribution in [2.24, 2.45) is 0 Å². The van der Waals surface area contributed by atoms with Crippen molar-refractivity contribution in [3.05, 3.63) is 36.5 Å². The lowest BCUT2D eigenvalue weighted by atomic mass is 10.0. The highest BCUT2D eigenvalue weighted by atomic mass is 16.6. The molecule has 0 atom stereocenters. The van der Waals surface area contributed by atoms with Gasteiger partial charge in [-0.2, -0.15) is 0 Å². The van der Waals surface area contributed by atoms with E-state index in [2.05, 4.69) is 19.7 Å². The number of hydrogen-bond donors (Lipinski definition) is 0. The molecule has 134 valence electrons. The minimum atomic E-state index is -1.14. The van der Waals surface area contributed by atoms with Gasteiger partial charge in [0.2, 0.25) is 0 Å². The first-order chi connectivity index (χ1) is 11.0. The second kappa shape index (κ2) is 9.82. The highest BCUT2D eigenvalue weighted by molar-refractivity contribution is 5.95. The molecule has 0 rings (SSSR count).